The first-order valence-corrected chi connectivity index (χ1v) is 26.5. The highest BCUT2D eigenvalue weighted by Gasteiger charge is 2.37. The molecule has 4 aromatic carbocycles. The minimum atomic E-state index is -1.11. The number of halogens is 4. The van der Waals surface area contributed by atoms with Gasteiger partial charge in [0.15, 0.2) is 0 Å². The van der Waals surface area contributed by atoms with E-state index in [1.54, 1.807) is 40.1 Å². The van der Waals surface area contributed by atoms with Crippen molar-refractivity contribution in [3.8, 4) is 22.3 Å². The molecule has 2 aliphatic heterocycles. The van der Waals surface area contributed by atoms with Crippen molar-refractivity contribution in [1.82, 2.24) is 29.4 Å². The van der Waals surface area contributed by atoms with Crippen molar-refractivity contribution < 1.29 is 46.3 Å². The van der Waals surface area contributed by atoms with Gasteiger partial charge in [-0.15, -0.1) is 0 Å². The molecule has 2 fully saturated rings. The third kappa shape index (κ3) is 9.45. The highest BCUT2D eigenvalue weighted by atomic mass is 19.1. The smallest absolute Gasteiger partial charge is 0.141 e. The highest BCUT2D eigenvalue weighted by molar-refractivity contribution is 6.08. The summed E-state index contributed by atoms with van der Waals surface area (Å²) in [5, 5.41) is 31.6. The SMILES string of the molecule is Cc1noc(C)c1-c1cnc2c3ccc(C(C)(C)O)cc3n(C(c3c(F)cccc3F)C3CCOCC3)c2c1.Cc1noc(C)c1-c1cnc2c3ccc(C(C)(C)O)cc3n(C(c3c(F)cccc3F)C3CCOCC3)c2c1. The molecule has 2 N–H and O–H groups in total. The predicted molar refractivity (Wildman–Crippen MR) is 291 cm³/mol. The van der Waals surface area contributed by atoms with E-state index >= 15 is 17.6 Å². The summed E-state index contributed by atoms with van der Waals surface area (Å²) in [5.41, 5.74) is 8.46. The van der Waals surface area contributed by atoms with E-state index in [0.717, 1.165) is 77.5 Å². The lowest BCUT2D eigenvalue weighted by Gasteiger charge is -2.33. The number of aliphatic hydroxyl groups is 2. The monoisotopic (exact) mass is 1060 g/mol. The van der Waals surface area contributed by atoms with Gasteiger partial charge in [0.25, 0.3) is 0 Å². The van der Waals surface area contributed by atoms with Crippen molar-refractivity contribution in [1.29, 1.82) is 0 Å². The van der Waals surface area contributed by atoms with Gasteiger partial charge < -0.3 is 37.9 Å². The average molecular weight is 1060 g/mol. The van der Waals surface area contributed by atoms with Crippen LogP contribution in [0.25, 0.3) is 66.1 Å². The molecule has 2 aliphatic rings. The first-order valence-electron chi connectivity index (χ1n) is 26.5. The molecule has 2 saturated heterocycles. The fourth-order valence-electron chi connectivity index (χ4n) is 12.0. The zero-order valence-corrected chi connectivity index (χ0v) is 44.9. The Morgan fingerprint density at radius 2 is 0.872 bits per heavy atom. The standard InChI is InChI=1S/2C31H31F2N3O3/c2*1-17-27(18(2)39-35-17)20-14-26-29(34-16-20)22-9-8-21(31(3,4)37)15-25(22)36(26)30(19-10-12-38-13-11-19)28-23(32)6-5-7-24(28)33/h2*5-9,14-16,19,30,37H,10-13H2,1-4H3. The lowest BCUT2D eigenvalue weighted by molar-refractivity contribution is 0.0542. The van der Waals surface area contributed by atoms with Crippen LogP contribution in [0.2, 0.25) is 0 Å². The maximum absolute atomic E-state index is 15.6. The fourth-order valence-corrected chi connectivity index (χ4v) is 12.0. The zero-order chi connectivity index (χ0) is 54.9. The van der Waals surface area contributed by atoms with Crippen LogP contribution < -0.4 is 0 Å². The van der Waals surface area contributed by atoms with E-state index in [0.29, 0.717) is 74.8 Å². The number of nitrogens with zero attached hydrogens (tertiary/aromatic N) is 6. The normalized spacial score (nSPS) is 15.9. The molecule has 2 atom stereocenters. The van der Waals surface area contributed by atoms with Gasteiger partial charge in [-0.25, -0.2) is 17.6 Å². The van der Waals surface area contributed by atoms with E-state index < -0.39 is 46.6 Å². The molecule has 16 heteroatoms. The molecule has 0 saturated carbocycles. The Balaban J connectivity index is 0.000000165. The molecule has 0 amide bonds. The van der Waals surface area contributed by atoms with Crippen LogP contribution in [0.3, 0.4) is 0 Å². The number of benzene rings is 4. The largest absolute Gasteiger partial charge is 0.386 e. The fraction of sp³-hybridized carbons (Fsp3) is 0.355. The number of hydrogen-bond acceptors (Lipinski definition) is 10. The topological polar surface area (TPSA) is 147 Å². The molecule has 0 bridgehead atoms. The Morgan fingerprint density at radius 1 is 0.513 bits per heavy atom. The second-order valence-corrected chi connectivity index (χ2v) is 22.0. The van der Waals surface area contributed by atoms with Crippen LogP contribution in [0, 0.1) is 62.8 Å². The number of rotatable bonds is 10. The van der Waals surface area contributed by atoms with E-state index in [-0.39, 0.29) is 23.0 Å². The first kappa shape index (κ1) is 52.8. The highest BCUT2D eigenvalue weighted by Crippen LogP contribution is 2.46. The second kappa shape index (κ2) is 20.5. The number of aryl methyl sites for hydroxylation is 4. The van der Waals surface area contributed by atoms with Gasteiger partial charge in [-0.3, -0.25) is 9.97 Å². The Hall–Kier alpha value is -7.24. The number of ether oxygens (including phenoxy) is 2. The van der Waals surface area contributed by atoms with E-state index in [1.807, 2.05) is 85.4 Å². The van der Waals surface area contributed by atoms with Crippen LogP contribution in [-0.4, -0.2) is 66.1 Å². The van der Waals surface area contributed by atoms with E-state index in [1.165, 1.54) is 36.4 Å². The van der Waals surface area contributed by atoms with Gasteiger partial charge in [-0.2, -0.15) is 0 Å². The van der Waals surface area contributed by atoms with Gasteiger partial charge in [-0.1, -0.05) is 46.7 Å². The molecule has 404 valence electrons. The van der Waals surface area contributed by atoms with Crippen molar-refractivity contribution in [3.05, 3.63) is 166 Å². The van der Waals surface area contributed by atoms with Crippen molar-refractivity contribution in [2.75, 3.05) is 26.4 Å². The van der Waals surface area contributed by atoms with Gasteiger partial charge in [0.2, 0.25) is 0 Å². The van der Waals surface area contributed by atoms with Crippen LogP contribution >= 0.6 is 0 Å². The summed E-state index contributed by atoms with van der Waals surface area (Å²) >= 11 is 0. The van der Waals surface area contributed by atoms with Gasteiger partial charge in [-0.05, 0) is 153 Å². The molecule has 12 rings (SSSR count). The maximum atomic E-state index is 15.6. The lowest BCUT2D eigenvalue weighted by Crippen LogP contribution is -2.28. The Morgan fingerprint density at radius 3 is 1.19 bits per heavy atom. The molecular weight excluding hydrogens is 1000 g/mol. The Labute approximate surface area is 448 Å². The molecule has 8 heterocycles. The summed E-state index contributed by atoms with van der Waals surface area (Å²) in [6, 6.07) is 22.2. The molecule has 0 spiro atoms. The number of aromatic nitrogens is 6. The van der Waals surface area contributed by atoms with Crippen LogP contribution in [0.15, 0.2) is 106 Å². The molecular formula is C62H62F4N6O6. The number of fused-ring (bicyclic) bond motifs is 6. The molecule has 12 nitrogen and oxygen atoms in total. The van der Waals surface area contributed by atoms with Crippen LogP contribution in [0.4, 0.5) is 17.6 Å². The quantitative estimate of drug-likeness (QED) is 0.127. The Bertz CT molecular complexity index is 3560. The van der Waals surface area contributed by atoms with Crippen molar-refractivity contribution in [2.24, 2.45) is 11.8 Å². The van der Waals surface area contributed by atoms with Gasteiger partial charge in [0, 0.05) is 83.0 Å². The third-order valence-corrected chi connectivity index (χ3v) is 15.9. The third-order valence-electron chi connectivity index (χ3n) is 15.9. The van der Waals surface area contributed by atoms with Gasteiger partial charge >= 0.3 is 0 Å². The molecule has 0 radical (unpaired) electrons. The molecule has 6 aromatic heterocycles. The summed E-state index contributed by atoms with van der Waals surface area (Å²) < 4.78 is 88.4. The Kier molecular flexibility index (Phi) is 13.9. The molecule has 0 aliphatic carbocycles. The lowest BCUT2D eigenvalue weighted by atomic mass is 9.86. The summed E-state index contributed by atoms with van der Waals surface area (Å²) in [6.45, 7) is 16.4. The first-order chi connectivity index (χ1) is 37.3. The molecule has 2 unspecified atom stereocenters. The van der Waals surface area contributed by atoms with E-state index in [2.05, 4.69) is 10.3 Å². The summed E-state index contributed by atoms with van der Waals surface area (Å²) in [5.74, 6) is -1.19. The predicted octanol–water partition coefficient (Wildman–Crippen LogP) is 14.0. The summed E-state index contributed by atoms with van der Waals surface area (Å²) in [7, 11) is 0. The van der Waals surface area contributed by atoms with Crippen molar-refractivity contribution in [2.45, 2.75) is 104 Å². The summed E-state index contributed by atoms with van der Waals surface area (Å²) in [6.07, 6.45) is 6.19. The molecule has 10 aromatic rings. The van der Waals surface area contributed by atoms with Crippen molar-refractivity contribution >= 4 is 43.9 Å². The minimum absolute atomic E-state index is 0.0274. The number of hydrogen-bond donors (Lipinski definition) is 2. The minimum Gasteiger partial charge on any atom is -0.386 e. The zero-order valence-electron chi connectivity index (χ0n) is 44.9. The number of pyridine rings is 2. The van der Waals surface area contributed by atoms with E-state index in [9.17, 15) is 10.2 Å². The molecule has 78 heavy (non-hydrogen) atoms. The van der Waals surface area contributed by atoms with Crippen LogP contribution in [-0.2, 0) is 20.7 Å². The van der Waals surface area contributed by atoms with Crippen LogP contribution in [0.5, 0.6) is 0 Å². The second-order valence-electron chi connectivity index (χ2n) is 22.0. The maximum Gasteiger partial charge on any atom is 0.141 e. The van der Waals surface area contributed by atoms with E-state index in [4.69, 9.17) is 28.5 Å². The average Bonchev–Trinajstić information content (AvgIpc) is 4.21. The summed E-state index contributed by atoms with van der Waals surface area (Å²) in [4.78, 5) is 9.72. The van der Waals surface area contributed by atoms with Gasteiger partial charge in [0.1, 0.15) is 34.8 Å². The van der Waals surface area contributed by atoms with Crippen molar-refractivity contribution in [3.63, 3.8) is 0 Å². The van der Waals surface area contributed by atoms with Crippen LogP contribution in [0.1, 0.15) is 111 Å². The van der Waals surface area contributed by atoms with Gasteiger partial charge in [0.05, 0.1) is 67.8 Å².